The standard InChI is InChI=1S/C13H35N2O2PSi3/c1-13(17-21(8,9)10)11-12-16-18(13,14-19(2,3)4)15-20(5,6)7/h14H,11-12H2,1-10H3. The minimum atomic E-state index is -2.10. The Hall–Kier alpha value is 0.761. The second-order valence-electron chi connectivity index (χ2n) is 9.18. The van der Waals surface area contributed by atoms with Crippen LogP contribution >= 0.6 is 7.43 Å². The van der Waals surface area contributed by atoms with Gasteiger partial charge in [0.25, 0.3) is 0 Å². The summed E-state index contributed by atoms with van der Waals surface area (Å²) in [6.45, 7) is 23.6. The minimum Gasteiger partial charge on any atom is -0.404 e. The molecule has 1 N–H and O–H groups in total. The molecule has 1 heterocycles. The van der Waals surface area contributed by atoms with Gasteiger partial charge in [-0.2, -0.15) is 0 Å². The lowest BCUT2D eigenvalue weighted by Gasteiger charge is -2.43. The highest BCUT2D eigenvalue weighted by atomic mass is 31.2. The first kappa shape index (κ1) is 19.8. The molecule has 21 heavy (non-hydrogen) atoms. The molecule has 8 heteroatoms. The van der Waals surface area contributed by atoms with Crippen LogP contribution in [-0.4, -0.2) is 36.7 Å². The highest BCUT2D eigenvalue weighted by molar-refractivity contribution is 7.64. The Morgan fingerprint density at radius 2 is 1.57 bits per heavy atom. The van der Waals surface area contributed by atoms with Gasteiger partial charge >= 0.3 is 0 Å². The predicted molar refractivity (Wildman–Crippen MR) is 103 cm³/mol. The van der Waals surface area contributed by atoms with Crippen molar-refractivity contribution in [1.82, 2.24) is 4.75 Å². The van der Waals surface area contributed by atoms with Crippen molar-refractivity contribution in [2.24, 2.45) is 4.41 Å². The fourth-order valence-electron chi connectivity index (χ4n) is 2.62. The maximum Gasteiger partial charge on any atom is 0.185 e. The molecule has 0 aliphatic carbocycles. The number of hydrogen-bond acceptors (Lipinski definition) is 3. The number of rotatable bonds is 5. The van der Waals surface area contributed by atoms with E-state index in [1.165, 1.54) is 0 Å². The third-order valence-electron chi connectivity index (χ3n) is 2.94. The van der Waals surface area contributed by atoms with Crippen molar-refractivity contribution in [2.75, 3.05) is 6.61 Å². The topological polar surface area (TPSA) is 42.9 Å². The molecular weight excluding hydrogens is 331 g/mol. The normalized spacial score (nSPS) is 31.5. The van der Waals surface area contributed by atoms with Gasteiger partial charge in [-0.1, -0.05) is 19.6 Å². The van der Waals surface area contributed by atoms with E-state index in [-0.39, 0.29) is 5.34 Å². The van der Waals surface area contributed by atoms with Gasteiger partial charge < -0.3 is 13.4 Å². The smallest absolute Gasteiger partial charge is 0.185 e. The van der Waals surface area contributed by atoms with Gasteiger partial charge in [-0.05, 0) is 46.2 Å². The lowest BCUT2D eigenvalue weighted by atomic mass is 10.3. The summed E-state index contributed by atoms with van der Waals surface area (Å²) >= 11 is 0. The van der Waals surface area contributed by atoms with Crippen molar-refractivity contribution >= 4 is 32.2 Å². The molecule has 1 aliphatic rings. The zero-order valence-corrected chi connectivity index (χ0v) is 19.5. The van der Waals surface area contributed by atoms with Crippen LogP contribution in [0.1, 0.15) is 13.3 Å². The molecule has 1 aliphatic heterocycles. The molecule has 1 saturated heterocycles. The molecular formula is C13H35N2O2PSi3. The summed E-state index contributed by atoms with van der Waals surface area (Å²) in [5, 5.41) is -0.252. The monoisotopic (exact) mass is 366 g/mol. The van der Waals surface area contributed by atoms with E-state index in [1.54, 1.807) is 0 Å². The molecule has 0 saturated carbocycles. The SMILES string of the molecule is CC1(O[Si](C)(C)C)CCOP1(=N[Si](C)(C)C)N[Si](C)(C)C. The predicted octanol–water partition coefficient (Wildman–Crippen LogP) is 5.27. The van der Waals surface area contributed by atoms with E-state index in [2.05, 4.69) is 70.6 Å². The Morgan fingerprint density at radius 1 is 1.05 bits per heavy atom. The number of hydrogen-bond donors (Lipinski definition) is 1. The van der Waals surface area contributed by atoms with E-state index < -0.39 is 32.2 Å². The third-order valence-corrected chi connectivity index (χ3v) is 13.7. The van der Waals surface area contributed by atoms with Gasteiger partial charge in [0.2, 0.25) is 0 Å². The highest BCUT2D eigenvalue weighted by Gasteiger charge is 2.52. The minimum absolute atomic E-state index is 0.252. The second kappa shape index (κ2) is 6.00. The van der Waals surface area contributed by atoms with Crippen LogP contribution in [0.5, 0.6) is 0 Å². The van der Waals surface area contributed by atoms with Crippen molar-refractivity contribution in [2.45, 2.75) is 77.6 Å². The van der Waals surface area contributed by atoms with Gasteiger partial charge in [0.05, 0.1) is 6.61 Å². The van der Waals surface area contributed by atoms with Crippen molar-refractivity contribution in [1.29, 1.82) is 0 Å². The Bertz CT molecular complexity index is 438. The third kappa shape index (κ3) is 5.71. The van der Waals surface area contributed by atoms with Gasteiger partial charge in [0.15, 0.2) is 24.0 Å². The lowest BCUT2D eigenvalue weighted by Crippen LogP contribution is -2.47. The van der Waals surface area contributed by atoms with Crippen LogP contribution < -0.4 is 4.75 Å². The van der Waals surface area contributed by atoms with Crippen LogP contribution in [0.4, 0.5) is 0 Å². The van der Waals surface area contributed by atoms with Crippen molar-refractivity contribution in [3.63, 3.8) is 0 Å². The molecule has 0 aromatic rings. The molecule has 1 fully saturated rings. The summed E-state index contributed by atoms with van der Waals surface area (Å²) in [4.78, 5) is 0. The van der Waals surface area contributed by atoms with E-state index in [0.29, 0.717) is 0 Å². The largest absolute Gasteiger partial charge is 0.404 e. The molecule has 0 spiro atoms. The molecule has 0 bridgehead atoms. The molecule has 126 valence electrons. The Morgan fingerprint density at radius 3 is 1.95 bits per heavy atom. The Kier molecular flexibility index (Phi) is 5.66. The summed E-state index contributed by atoms with van der Waals surface area (Å²) in [6.07, 6.45) is 0.955. The van der Waals surface area contributed by atoms with Crippen LogP contribution in [0.2, 0.25) is 58.9 Å². The number of nitrogens with zero attached hydrogens (tertiary/aromatic N) is 1. The quantitative estimate of drug-likeness (QED) is 0.533. The zero-order valence-electron chi connectivity index (χ0n) is 15.6. The molecule has 0 aromatic carbocycles. The first-order chi connectivity index (χ1) is 9.08. The fourth-order valence-corrected chi connectivity index (χ4v) is 16.3. The first-order valence-electron chi connectivity index (χ1n) is 7.85. The van der Waals surface area contributed by atoms with Crippen LogP contribution in [0, 0.1) is 0 Å². The molecule has 0 amide bonds. The van der Waals surface area contributed by atoms with Gasteiger partial charge in [0, 0.05) is 6.42 Å². The van der Waals surface area contributed by atoms with Crippen LogP contribution in [0.3, 0.4) is 0 Å². The van der Waals surface area contributed by atoms with Crippen LogP contribution in [-0.2, 0) is 8.95 Å². The molecule has 1 rings (SSSR count). The van der Waals surface area contributed by atoms with Crippen molar-refractivity contribution in [3.8, 4) is 0 Å². The van der Waals surface area contributed by atoms with Gasteiger partial charge in [0.1, 0.15) is 13.6 Å². The molecule has 2 unspecified atom stereocenters. The van der Waals surface area contributed by atoms with E-state index in [4.69, 9.17) is 13.4 Å². The first-order valence-corrected chi connectivity index (χ1v) is 19.9. The zero-order chi connectivity index (χ0) is 16.7. The maximum atomic E-state index is 6.65. The van der Waals surface area contributed by atoms with Crippen LogP contribution in [0.15, 0.2) is 4.41 Å². The summed E-state index contributed by atoms with van der Waals surface area (Å²) < 4.78 is 22.2. The maximum absolute atomic E-state index is 6.65. The summed E-state index contributed by atoms with van der Waals surface area (Å²) in [5.74, 6) is 0. The van der Waals surface area contributed by atoms with E-state index in [0.717, 1.165) is 13.0 Å². The van der Waals surface area contributed by atoms with Gasteiger partial charge in [-0.3, -0.25) is 4.75 Å². The average molecular weight is 367 g/mol. The Balaban J connectivity index is 3.38. The number of nitrogens with one attached hydrogen (secondary N) is 1. The van der Waals surface area contributed by atoms with E-state index >= 15 is 0 Å². The van der Waals surface area contributed by atoms with Gasteiger partial charge in [-0.25, -0.2) is 0 Å². The van der Waals surface area contributed by atoms with E-state index in [1.807, 2.05) is 0 Å². The average Bonchev–Trinajstić information content (AvgIpc) is 2.32. The molecule has 2 atom stereocenters. The van der Waals surface area contributed by atoms with Crippen LogP contribution in [0.25, 0.3) is 0 Å². The second-order valence-corrected chi connectivity index (χ2v) is 26.5. The molecule has 0 radical (unpaired) electrons. The fraction of sp³-hybridized carbons (Fsp3) is 1.00. The highest BCUT2D eigenvalue weighted by Crippen LogP contribution is 2.66. The lowest BCUT2D eigenvalue weighted by molar-refractivity contribution is 0.169. The van der Waals surface area contributed by atoms with Gasteiger partial charge in [-0.15, -0.1) is 0 Å². The van der Waals surface area contributed by atoms with E-state index in [9.17, 15) is 0 Å². The molecule has 4 nitrogen and oxygen atoms in total. The summed E-state index contributed by atoms with van der Waals surface area (Å²) in [5.41, 5.74) is 0. The summed E-state index contributed by atoms with van der Waals surface area (Å²) in [7, 11) is -6.89. The Labute approximate surface area is 134 Å². The van der Waals surface area contributed by atoms with Crippen molar-refractivity contribution in [3.05, 3.63) is 0 Å². The van der Waals surface area contributed by atoms with Crippen molar-refractivity contribution < 1.29 is 8.95 Å². The summed E-state index contributed by atoms with van der Waals surface area (Å²) in [6, 6.07) is 0. The molecule has 0 aromatic heterocycles.